The topological polar surface area (TPSA) is 89.3 Å². The highest BCUT2D eigenvalue weighted by Crippen LogP contribution is 2.19. The van der Waals surface area contributed by atoms with Gasteiger partial charge in [0.05, 0.1) is 10.7 Å². The van der Waals surface area contributed by atoms with Gasteiger partial charge in [-0.1, -0.05) is 18.6 Å². The summed E-state index contributed by atoms with van der Waals surface area (Å²) < 4.78 is 23.2. The lowest BCUT2D eigenvalue weighted by Gasteiger charge is -2.21. The van der Waals surface area contributed by atoms with Gasteiger partial charge in [-0.25, -0.2) is 8.42 Å². The first-order valence-corrected chi connectivity index (χ1v) is 7.33. The zero-order valence-corrected chi connectivity index (χ0v) is 10.6. The first-order chi connectivity index (χ1) is 7.43. The van der Waals surface area contributed by atoms with Crippen molar-refractivity contribution in [1.82, 2.24) is 5.32 Å². The van der Waals surface area contributed by atoms with Crippen LogP contribution < -0.4 is 11.1 Å². The van der Waals surface area contributed by atoms with Gasteiger partial charge in [0.1, 0.15) is 5.25 Å². The van der Waals surface area contributed by atoms with Crippen LogP contribution in [0.5, 0.6) is 0 Å². The van der Waals surface area contributed by atoms with Crippen molar-refractivity contribution in [1.29, 1.82) is 0 Å². The van der Waals surface area contributed by atoms with E-state index in [1.807, 2.05) is 0 Å². The fourth-order valence-electron chi connectivity index (χ4n) is 1.67. The number of nitrogens with one attached hydrogen (secondary N) is 1. The Balaban J connectivity index is 2.49. The summed E-state index contributed by atoms with van der Waals surface area (Å²) in [4.78, 5) is 11.9. The standard InChI is InChI=1S/C9H16N2O3S2/c10-8(15)4-5-11-9(12)7-3-1-2-6-16(7,13)14/h7H,1-6H2,(H2,10,15)(H,11,12). The van der Waals surface area contributed by atoms with Gasteiger partial charge in [0, 0.05) is 13.0 Å². The SMILES string of the molecule is NC(=S)CCNC(=O)C1CCCCS1(=O)=O. The number of thiocarbonyl (C=S) groups is 1. The molecule has 0 radical (unpaired) electrons. The molecule has 1 unspecified atom stereocenters. The summed E-state index contributed by atoms with van der Waals surface area (Å²) in [6.45, 7) is 0.306. The second-order valence-corrected chi connectivity index (χ2v) is 6.69. The van der Waals surface area contributed by atoms with E-state index in [2.05, 4.69) is 17.5 Å². The van der Waals surface area contributed by atoms with Crippen LogP contribution in [0.4, 0.5) is 0 Å². The van der Waals surface area contributed by atoms with Crippen molar-refractivity contribution in [2.75, 3.05) is 12.3 Å². The first kappa shape index (κ1) is 13.4. The summed E-state index contributed by atoms with van der Waals surface area (Å²) in [7, 11) is -3.25. The lowest BCUT2D eigenvalue weighted by molar-refractivity contribution is -0.120. The Morgan fingerprint density at radius 1 is 1.44 bits per heavy atom. The van der Waals surface area contributed by atoms with Crippen molar-refractivity contribution in [2.45, 2.75) is 30.9 Å². The molecule has 92 valence electrons. The Morgan fingerprint density at radius 3 is 2.69 bits per heavy atom. The molecular formula is C9H16N2O3S2. The molecule has 0 aromatic rings. The molecule has 0 aromatic heterocycles. The van der Waals surface area contributed by atoms with E-state index < -0.39 is 21.0 Å². The highest BCUT2D eigenvalue weighted by molar-refractivity contribution is 7.92. The molecule has 7 heteroatoms. The molecule has 0 saturated carbocycles. The zero-order chi connectivity index (χ0) is 12.2. The molecule has 1 aliphatic rings. The van der Waals surface area contributed by atoms with E-state index in [0.29, 0.717) is 30.8 Å². The lowest BCUT2D eigenvalue weighted by Crippen LogP contribution is -2.43. The highest BCUT2D eigenvalue weighted by Gasteiger charge is 2.34. The summed E-state index contributed by atoms with van der Waals surface area (Å²) in [6, 6.07) is 0. The molecule has 1 aliphatic heterocycles. The van der Waals surface area contributed by atoms with E-state index in [1.165, 1.54) is 0 Å². The molecule has 1 saturated heterocycles. The Morgan fingerprint density at radius 2 is 2.12 bits per heavy atom. The maximum atomic E-state index is 11.6. The maximum Gasteiger partial charge on any atom is 0.238 e. The maximum absolute atomic E-state index is 11.6. The van der Waals surface area contributed by atoms with Crippen LogP contribution in [0.2, 0.25) is 0 Å². The van der Waals surface area contributed by atoms with Gasteiger partial charge in [-0.05, 0) is 12.8 Å². The monoisotopic (exact) mass is 264 g/mol. The van der Waals surface area contributed by atoms with Crippen LogP contribution >= 0.6 is 12.2 Å². The third-order valence-corrected chi connectivity index (χ3v) is 4.92. The summed E-state index contributed by atoms with van der Waals surface area (Å²) >= 11 is 4.66. The number of carbonyl (C=O) groups excluding carboxylic acids is 1. The third kappa shape index (κ3) is 3.71. The van der Waals surface area contributed by atoms with Crippen molar-refractivity contribution >= 4 is 33.0 Å². The molecular weight excluding hydrogens is 248 g/mol. The first-order valence-electron chi connectivity index (χ1n) is 5.21. The van der Waals surface area contributed by atoms with Gasteiger partial charge in [0.2, 0.25) is 5.91 Å². The predicted molar refractivity (Wildman–Crippen MR) is 65.8 cm³/mol. The van der Waals surface area contributed by atoms with E-state index in [0.717, 1.165) is 6.42 Å². The minimum Gasteiger partial charge on any atom is -0.393 e. The molecule has 0 aliphatic carbocycles. The summed E-state index contributed by atoms with van der Waals surface area (Å²) in [5.74, 6) is -0.309. The van der Waals surface area contributed by atoms with Gasteiger partial charge < -0.3 is 11.1 Å². The largest absolute Gasteiger partial charge is 0.393 e. The Kier molecular flexibility index (Phi) is 4.67. The fraction of sp³-hybridized carbons (Fsp3) is 0.778. The summed E-state index contributed by atoms with van der Waals surface area (Å²) in [6.07, 6.45) is 2.25. The van der Waals surface area contributed by atoms with Gasteiger partial charge in [-0.15, -0.1) is 0 Å². The normalized spacial score (nSPS) is 23.6. The number of amides is 1. The summed E-state index contributed by atoms with van der Waals surface area (Å²) in [5.41, 5.74) is 5.27. The second kappa shape index (κ2) is 5.58. The molecule has 5 nitrogen and oxygen atoms in total. The molecule has 0 spiro atoms. The fourth-order valence-corrected chi connectivity index (χ4v) is 3.60. The minimum atomic E-state index is -3.25. The quantitative estimate of drug-likeness (QED) is 0.683. The van der Waals surface area contributed by atoms with Crippen molar-refractivity contribution in [3.63, 3.8) is 0 Å². The average Bonchev–Trinajstić information content (AvgIpc) is 2.16. The Bertz CT molecular complexity index is 378. The van der Waals surface area contributed by atoms with Crippen LogP contribution in [0.15, 0.2) is 0 Å². The number of hydrogen-bond donors (Lipinski definition) is 2. The highest BCUT2D eigenvalue weighted by atomic mass is 32.2. The van der Waals surface area contributed by atoms with Gasteiger partial charge in [-0.2, -0.15) is 0 Å². The summed E-state index contributed by atoms with van der Waals surface area (Å²) in [5, 5.41) is 1.67. The van der Waals surface area contributed by atoms with E-state index in [1.54, 1.807) is 0 Å². The molecule has 1 rings (SSSR count). The number of nitrogens with two attached hydrogens (primary N) is 1. The number of carbonyl (C=O) groups is 1. The molecule has 1 fully saturated rings. The molecule has 3 N–H and O–H groups in total. The van der Waals surface area contributed by atoms with Crippen LogP contribution in [-0.2, 0) is 14.6 Å². The van der Waals surface area contributed by atoms with Crippen molar-refractivity contribution in [2.24, 2.45) is 5.73 Å². The molecule has 0 bridgehead atoms. The van der Waals surface area contributed by atoms with Crippen LogP contribution in [0.1, 0.15) is 25.7 Å². The Labute approximate surface area is 101 Å². The smallest absolute Gasteiger partial charge is 0.238 e. The van der Waals surface area contributed by atoms with Crippen LogP contribution in [0, 0.1) is 0 Å². The average molecular weight is 264 g/mol. The molecule has 1 amide bonds. The van der Waals surface area contributed by atoms with Crippen LogP contribution in [0.25, 0.3) is 0 Å². The van der Waals surface area contributed by atoms with Crippen molar-refractivity contribution in [3.05, 3.63) is 0 Å². The van der Waals surface area contributed by atoms with E-state index in [4.69, 9.17) is 5.73 Å². The van der Waals surface area contributed by atoms with Gasteiger partial charge in [0.25, 0.3) is 0 Å². The number of hydrogen-bond acceptors (Lipinski definition) is 4. The van der Waals surface area contributed by atoms with E-state index in [-0.39, 0.29) is 5.75 Å². The molecule has 0 aromatic carbocycles. The van der Waals surface area contributed by atoms with Gasteiger partial charge >= 0.3 is 0 Å². The molecule has 16 heavy (non-hydrogen) atoms. The Hall–Kier alpha value is -0.690. The predicted octanol–water partition coefficient (Wildman–Crippen LogP) is -0.254. The molecule has 1 heterocycles. The van der Waals surface area contributed by atoms with E-state index in [9.17, 15) is 13.2 Å². The number of rotatable bonds is 4. The van der Waals surface area contributed by atoms with Crippen molar-refractivity contribution < 1.29 is 13.2 Å². The third-order valence-electron chi connectivity index (χ3n) is 2.54. The zero-order valence-electron chi connectivity index (χ0n) is 8.94. The van der Waals surface area contributed by atoms with Crippen molar-refractivity contribution in [3.8, 4) is 0 Å². The van der Waals surface area contributed by atoms with Crippen LogP contribution in [0.3, 0.4) is 0 Å². The number of sulfone groups is 1. The molecule has 1 atom stereocenters. The van der Waals surface area contributed by atoms with Gasteiger partial charge in [-0.3, -0.25) is 4.79 Å². The van der Waals surface area contributed by atoms with Gasteiger partial charge in [0.15, 0.2) is 9.84 Å². The minimum absolute atomic E-state index is 0.111. The second-order valence-electron chi connectivity index (χ2n) is 3.86. The van der Waals surface area contributed by atoms with E-state index >= 15 is 0 Å². The van der Waals surface area contributed by atoms with Crippen LogP contribution in [-0.4, -0.2) is 36.9 Å². The lowest BCUT2D eigenvalue weighted by atomic mass is 10.2.